The van der Waals surface area contributed by atoms with Gasteiger partial charge in [0.25, 0.3) is 5.91 Å². The lowest BCUT2D eigenvalue weighted by molar-refractivity contribution is 0.0945. The van der Waals surface area contributed by atoms with Gasteiger partial charge in [-0.1, -0.05) is 19.9 Å². The molecule has 0 aromatic carbocycles. The van der Waals surface area contributed by atoms with Crippen LogP contribution in [0.3, 0.4) is 0 Å². The molecule has 2 aromatic rings. The average molecular weight is 276 g/mol. The highest BCUT2D eigenvalue weighted by Crippen LogP contribution is 2.26. The Kier molecular flexibility index (Phi) is 3.85. The van der Waals surface area contributed by atoms with E-state index >= 15 is 0 Å². The van der Waals surface area contributed by atoms with Crippen molar-refractivity contribution < 1.29 is 9.90 Å². The summed E-state index contributed by atoms with van der Waals surface area (Å²) in [7, 11) is 0. The molecule has 0 bridgehead atoms. The van der Waals surface area contributed by atoms with Crippen molar-refractivity contribution in [2.24, 2.45) is 0 Å². The van der Waals surface area contributed by atoms with E-state index < -0.39 is 0 Å². The number of amides is 1. The second-order valence-corrected chi connectivity index (χ2v) is 5.92. The second-order valence-electron chi connectivity index (χ2n) is 4.98. The summed E-state index contributed by atoms with van der Waals surface area (Å²) in [6.07, 6.45) is 2.74. The third-order valence-corrected chi connectivity index (χ3v) is 4.10. The van der Waals surface area contributed by atoms with E-state index in [1.54, 1.807) is 11.3 Å². The van der Waals surface area contributed by atoms with Gasteiger partial charge in [-0.2, -0.15) is 0 Å². The standard InChI is InChI=1S/C14H16N2O2S/c1-14(2,12-4-3-5-19-12)9-16-13(18)10-6-11(17)8-15-7-10/h3-8,17H,9H2,1-2H3,(H,16,18). The maximum atomic E-state index is 12.0. The number of nitrogens with zero attached hydrogens (tertiary/aromatic N) is 1. The summed E-state index contributed by atoms with van der Waals surface area (Å²) in [5.74, 6) is -0.238. The van der Waals surface area contributed by atoms with Crippen LogP contribution >= 0.6 is 11.3 Å². The Hall–Kier alpha value is -1.88. The van der Waals surface area contributed by atoms with Crippen LogP contribution in [0.5, 0.6) is 5.75 Å². The summed E-state index contributed by atoms with van der Waals surface area (Å²) in [6.45, 7) is 4.70. The molecule has 0 spiro atoms. The van der Waals surface area contributed by atoms with E-state index in [1.165, 1.54) is 23.3 Å². The minimum absolute atomic E-state index is 0.00910. The molecule has 4 nitrogen and oxygen atoms in total. The van der Waals surface area contributed by atoms with Crippen molar-refractivity contribution >= 4 is 17.2 Å². The monoisotopic (exact) mass is 276 g/mol. The van der Waals surface area contributed by atoms with E-state index in [2.05, 4.69) is 30.2 Å². The lowest BCUT2D eigenvalue weighted by atomic mass is 9.91. The first-order chi connectivity index (χ1) is 8.99. The fourth-order valence-electron chi connectivity index (χ4n) is 1.71. The van der Waals surface area contributed by atoms with Crippen LogP contribution in [0.2, 0.25) is 0 Å². The third-order valence-electron chi connectivity index (χ3n) is 2.87. The summed E-state index contributed by atoms with van der Waals surface area (Å²) in [5, 5.41) is 14.2. The lowest BCUT2D eigenvalue weighted by Gasteiger charge is -2.23. The van der Waals surface area contributed by atoms with Crippen LogP contribution in [0.4, 0.5) is 0 Å². The van der Waals surface area contributed by atoms with Crippen LogP contribution in [0.15, 0.2) is 36.0 Å². The Labute approximate surface area is 116 Å². The summed E-state index contributed by atoms with van der Waals surface area (Å²) in [6, 6.07) is 5.47. The Bertz CT molecular complexity index is 565. The molecule has 0 unspecified atom stereocenters. The van der Waals surface area contributed by atoms with E-state index in [0.29, 0.717) is 12.1 Å². The summed E-state index contributed by atoms with van der Waals surface area (Å²) in [5.41, 5.74) is 0.246. The van der Waals surface area contributed by atoms with Gasteiger partial charge in [0.05, 0.1) is 11.8 Å². The highest BCUT2D eigenvalue weighted by molar-refractivity contribution is 7.10. The van der Waals surface area contributed by atoms with Crippen molar-refractivity contribution in [3.63, 3.8) is 0 Å². The quantitative estimate of drug-likeness (QED) is 0.902. The summed E-state index contributed by atoms with van der Waals surface area (Å²) >= 11 is 1.68. The maximum absolute atomic E-state index is 12.0. The first-order valence-electron chi connectivity index (χ1n) is 5.95. The molecule has 0 atom stereocenters. The Balaban J connectivity index is 2.01. The first kappa shape index (κ1) is 13.5. The summed E-state index contributed by atoms with van der Waals surface area (Å²) in [4.78, 5) is 17.0. The molecule has 0 aliphatic rings. The molecule has 0 radical (unpaired) electrons. The van der Waals surface area contributed by atoms with Crippen LogP contribution in [0, 0.1) is 0 Å². The number of aromatic hydroxyl groups is 1. The highest BCUT2D eigenvalue weighted by atomic mass is 32.1. The minimum atomic E-state index is -0.229. The molecule has 5 heteroatoms. The van der Waals surface area contributed by atoms with Gasteiger partial charge in [0.1, 0.15) is 5.75 Å². The van der Waals surface area contributed by atoms with Gasteiger partial charge in [0, 0.05) is 23.0 Å². The van der Waals surface area contributed by atoms with Crippen molar-refractivity contribution in [2.45, 2.75) is 19.3 Å². The number of aromatic nitrogens is 1. The van der Waals surface area contributed by atoms with Crippen LogP contribution in [-0.2, 0) is 5.41 Å². The molecule has 0 fully saturated rings. The van der Waals surface area contributed by atoms with Gasteiger partial charge in [-0.25, -0.2) is 0 Å². The molecule has 19 heavy (non-hydrogen) atoms. The highest BCUT2D eigenvalue weighted by Gasteiger charge is 2.22. The maximum Gasteiger partial charge on any atom is 0.253 e. The fraction of sp³-hybridized carbons (Fsp3) is 0.286. The molecule has 2 rings (SSSR count). The normalized spacial score (nSPS) is 11.3. The van der Waals surface area contributed by atoms with Crippen LogP contribution in [0.25, 0.3) is 0 Å². The molecule has 1 amide bonds. The zero-order valence-corrected chi connectivity index (χ0v) is 11.7. The predicted molar refractivity (Wildman–Crippen MR) is 75.6 cm³/mol. The molecule has 2 heterocycles. The van der Waals surface area contributed by atoms with Crippen molar-refractivity contribution in [1.82, 2.24) is 10.3 Å². The molecular weight excluding hydrogens is 260 g/mol. The minimum Gasteiger partial charge on any atom is -0.506 e. The van der Waals surface area contributed by atoms with E-state index in [1.807, 2.05) is 11.4 Å². The second kappa shape index (κ2) is 5.40. The number of hydrogen-bond donors (Lipinski definition) is 2. The zero-order chi connectivity index (χ0) is 13.9. The van der Waals surface area contributed by atoms with Crippen molar-refractivity contribution in [2.75, 3.05) is 6.54 Å². The number of thiophene rings is 1. The van der Waals surface area contributed by atoms with E-state index in [4.69, 9.17) is 0 Å². The van der Waals surface area contributed by atoms with E-state index in [0.717, 1.165) is 0 Å². The third kappa shape index (κ3) is 3.32. The fourth-order valence-corrected chi connectivity index (χ4v) is 2.56. The molecule has 0 saturated carbocycles. The topological polar surface area (TPSA) is 62.2 Å². The molecular formula is C14H16N2O2S. The van der Waals surface area contributed by atoms with Gasteiger partial charge in [-0.3, -0.25) is 9.78 Å². The molecule has 0 aliphatic carbocycles. The Morgan fingerprint density at radius 2 is 2.26 bits per heavy atom. The average Bonchev–Trinajstić information content (AvgIpc) is 2.90. The number of carbonyl (C=O) groups excluding carboxylic acids is 1. The van der Waals surface area contributed by atoms with Crippen molar-refractivity contribution in [3.8, 4) is 5.75 Å². The number of carbonyl (C=O) groups is 1. The zero-order valence-electron chi connectivity index (χ0n) is 10.9. The van der Waals surface area contributed by atoms with Crippen molar-refractivity contribution in [3.05, 3.63) is 46.4 Å². The number of hydrogen-bond acceptors (Lipinski definition) is 4. The van der Waals surface area contributed by atoms with Crippen LogP contribution in [-0.4, -0.2) is 22.5 Å². The Morgan fingerprint density at radius 3 is 2.89 bits per heavy atom. The largest absolute Gasteiger partial charge is 0.506 e. The van der Waals surface area contributed by atoms with Crippen LogP contribution in [0.1, 0.15) is 29.1 Å². The molecule has 0 saturated heterocycles. The van der Waals surface area contributed by atoms with Gasteiger partial charge in [-0.05, 0) is 17.5 Å². The molecule has 2 N–H and O–H groups in total. The lowest BCUT2D eigenvalue weighted by Crippen LogP contribution is -2.36. The number of nitrogens with one attached hydrogen (secondary N) is 1. The van der Waals surface area contributed by atoms with Crippen LogP contribution < -0.4 is 5.32 Å². The molecule has 100 valence electrons. The van der Waals surface area contributed by atoms with Gasteiger partial charge in [0.15, 0.2) is 0 Å². The summed E-state index contributed by atoms with van der Waals surface area (Å²) < 4.78 is 0. The number of pyridine rings is 1. The van der Waals surface area contributed by atoms with Gasteiger partial charge in [0.2, 0.25) is 0 Å². The van der Waals surface area contributed by atoms with Gasteiger partial charge in [-0.15, -0.1) is 11.3 Å². The van der Waals surface area contributed by atoms with Gasteiger partial charge >= 0.3 is 0 Å². The van der Waals surface area contributed by atoms with E-state index in [9.17, 15) is 9.90 Å². The predicted octanol–water partition coefficient (Wildman–Crippen LogP) is 2.56. The molecule has 0 aliphatic heterocycles. The van der Waals surface area contributed by atoms with E-state index in [-0.39, 0.29) is 17.1 Å². The first-order valence-corrected chi connectivity index (χ1v) is 6.83. The van der Waals surface area contributed by atoms with Gasteiger partial charge < -0.3 is 10.4 Å². The smallest absolute Gasteiger partial charge is 0.253 e. The molecule has 2 aromatic heterocycles. The SMILES string of the molecule is CC(C)(CNC(=O)c1cncc(O)c1)c1cccs1. The van der Waals surface area contributed by atoms with Crippen molar-refractivity contribution in [1.29, 1.82) is 0 Å². The Morgan fingerprint density at radius 1 is 1.47 bits per heavy atom. The number of rotatable bonds is 4.